The average molecular weight is 359 g/mol. The lowest BCUT2D eigenvalue weighted by Gasteiger charge is -2.09. The molecule has 0 aliphatic carbocycles. The zero-order chi connectivity index (χ0) is 18.7. The molecule has 0 heterocycles. The van der Waals surface area contributed by atoms with Crippen molar-refractivity contribution in [2.24, 2.45) is 0 Å². The van der Waals surface area contributed by atoms with Gasteiger partial charge in [-0.25, -0.2) is 17.6 Å². The maximum absolute atomic E-state index is 13.7. The number of carbonyl (C=O) groups excluding carboxylic acids is 1. The van der Waals surface area contributed by atoms with Gasteiger partial charge in [-0.05, 0) is 35.7 Å². The van der Waals surface area contributed by atoms with Crippen LogP contribution in [0, 0.1) is 23.3 Å². The molecule has 1 N–H and O–H groups in total. The number of hydrogen-bond acceptors (Lipinski definition) is 1. The van der Waals surface area contributed by atoms with Crippen molar-refractivity contribution in [2.45, 2.75) is 6.42 Å². The van der Waals surface area contributed by atoms with Crippen molar-refractivity contribution in [3.8, 4) is 0 Å². The fourth-order valence-electron chi connectivity index (χ4n) is 2.47. The van der Waals surface area contributed by atoms with Gasteiger partial charge in [0.15, 0.2) is 23.3 Å². The van der Waals surface area contributed by atoms with Crippen molar-refractivity contribution in [1.29, 1.82) is 0 Å². The Labute approximate surface area is 147 Å². The Bertz CT molecular complexity index is 940. The van der Waals surface area contributed by atoms with Crippen molar-refractivity contribution < 1.29 is 22.4 Å². The third-order valence-electron chi connectivity index (χ3n) is 3.81. The molecule has 0 unspecified atom stereocenters. The van der Waals surface area contributed by atoms with Gasteiger partial charge in [0.1, 0.15) is 0 Å². The Morgan fingerprint density at radius 3 is 2.04 bits per heavy atom. The number of carbonyl (C=O) groups is 1. The highest BCUT2D eigenvalue weighted by molar-refractivity contribution is 6.04. The molecule has 132 valence electrons. The Morgan fingerprint density at radius 2 is 1.38 bits per heavy atom. The molecular weight excluding hydrogens is 346 g/mol. The van der Waals surface area contributed by atoms with E-state index in [0.29, 0.717) is 18.2 Å². The summed E-state index contributed by atoms with van der Waals surface area (Å²) < 4.78 is 53.1. The van der Waals surface area contributed by atoms with Crippen LogP contribution in [-0.2, 0) is 6.42 Å². The molecule has 3 aromatic carbocycles. The first-order chi connectivity index (χ1) is 12.5. The van der Waals surface area contributed by atoms with Crippen molar-refractivity contribution in [2.75, 3.05) is 5.32 Å². The molecule has 6 heteroatoms. The molecule has 1 amide bonds. The number of hydrogen-bond donors (Lipinski definition) is 1. The van der Waals surface area contributed by atoms with Crippen LogP contribution in [0.2, 0.25) is 0 Å². The molecule has 3 aromatic rings. The monoisotopic (exact) mass is 359 g/mol. The van der Waals surface area contributed by atoms with Crippen LogP contribution in [0.1, 0.15) is 21.5 Å². The smallest absolute Gasteiger partial charge is 0.258 e. The van der Waals surface area contributed by atoms with Crippen LogP contribution >= 0.6 is 0 Å². The van der Waals surface area contributed by atoms with Crippen molar-refractivity contribution in [1.82, 2.24) is 0 Å². The van der Waals surface area contributed by atoms with E-state index in [2.05, 4.69) is 5.32 Å². The minimum absolute atomic E-state index is 0.316. The number of halogens is 4. The van der Waals surface area contributed by atoms with Gasteiger partial charge in [0.05, 0.1) is 5.56 Å². The zero-order valence-electron chi connectivity index (χ0n) is 13.4. The maximum atomic E-state index is 13.7. The molecule has 0 aromatic heterocycles. The van der Waals surface area contributed by atoms with E-state index in [-0.39, 0.29) is 0 Å². The van der Waals surface area contributed by atoms with E-state index in [0.717, 1.165) is 11.1 Å². The SMILES string of the molecule is O=C(Nc1ccc(Cc2ccccc2)cc1)c1cc(F)c(F)c(F)c1F. The standard InChI is InChI=1S/C20H13F4NO/c21-16-11-15(17(22)19(24)18(16)23)20(26)25-14-8-6-13(7-9-14)10-12-4-2-1-3-5-12/h1-9,11H,10H2,(H,25,26). The fraction of sp³-hybridized carbons (Fsp3) is 0.0500. The van der Waals surface area contributed by atoms with E-state index in [1.807, 2.05) is 30.3 Å². The summed E-state index contributed by atoms with van der Waals surface area (Å²) in [6.45, 7) is 0. The molecule has 0 aliphatic rings. The molecular formula is C20H13F4NO. The van der Waals surface area contributed by atoms with Crippen LogP contribution in [0.5, 0.6) is 0 Å². The lowest BCUT2D eigenvalue weighted by Crippen LogP contribution is -2.16. The molecule has 0 spiro atoms. The molecule has 0 fully saturated rings. The summed E-state index contributed by atoms with van der Waals surface area (Å²) >= 11 is 0. The van der Waals surface area contributed by atoms with Gasteiger partial charge in [-0.1, -0.05) is 42.5 Å². The summed E-state index contributed by atoms with van der Waals surface area (Å²) in [5.41, 5.74) is 1.51. The van der Waals surface area contributed by atoms with Gasteiger partial charge < -0.3 is 5.32 Å². The number of benzene rings is 3. The minimum atomic E-state index is -2.02. The molecule has 0 atom stereocenters. The summed E-state index contributed by atoms with van der Waals surface area (Å²) in [4.78, 5) is 12.0. The lowest BCUT2D eigenvalue weighted by atomic mass is 10.0. The van der Waals surface area contributed by atoms with E-state index in [1.165, 1.54) is 0 Å². The third kappa shape index (κ3) is 3.74. The van der Waals surface area contributed by atoms with Gasteiger partial charge >= 0.3 is 0 Å². The van der Waals surface area contributed by atoms with Crippen molar-refractivity contribution >= 4 is 11.6 Å². The van der Waals surface area contributed by atoms with E-state index >= 15 is 0 Å². The zero-order valence-corrected chi connectivity index (χ0v) is 13.4. The molecule has 2 nitrogen and oxygen atoms in total. The molecule has 26 heavy (non-hydrogen) atoms. The van der Waals surface area contributed by atoms with Gasteiger partial charge in [-0.15, -0.1) is 0 Å². The van der Waals surface area contributed by atoms with Gasteiger partial charge in [-0.3, -0.25) is 4.79 Å². The first kappa shape index (κ1) is 17.7. The van der Waals surface area contributed by atoms with Crippen LogP contribution in [0.3, 0.4) is 0 Å². The average Bonchev–Trinajstić information content (AvgIpc) is 2.65. The van der Waals surface area contributed by atoms with E-state index in [4.69, 9.17) is 0 Å². The van der Waals surface area contributed by atoms with Crippen molar-refractivity contribution in [3.63, 3.8) is 0 Å². The predicted octanol–water partition coefficient (Wildman–Crippen LogP) is 5.09. The summed E-state index contributed by atoms with van der Waals surface area (Å²) in [6.07, 6.45) is 0.693. The highest BCUT2D eigenvalue weighted by Gasteiger charge is 2.23. The largest absolute Gasteiger partial charge is 0.322 e. The molecule has 0 aliphatic heterocycles. The first-order valence-corrected chi connectivity index (χ1v) is 7.73. The van der Waals surface area contributed by atoms with Gasteiger partial charge in [0, 0.05) is 5.69 Å². The summed E-state index contributed by atoms with van der Waals surface area (Å²) in [5, 5.41) is 2.33. The second kappa shape index (κ2) is 7.39. The van der Waals surface area contributed by atoms with Gasteiger partial charge in [0.2, 0.25) is 0 Å². The number of nitrogens with one attached hydrogen (secondary N) is 1. The number of anilines is 1. The van der Waals surface area contributed by atoms with Crippen LogP contribution < -0.4 is 5.32 Å². The van der Waals surface area contributed by atoms with Crippen LogP contribution in [-0.4, -0.2) is 5.91 Å². The minimum Gasteiger partial charge on any atom is -0.322 e. The molecule has 3 rings (SSSR count). The summed E-state index contributed by atoms with van der Waals surface area (Å²) in [5.74, 6) is -8.41. The van der Waals surface area contributed by atoms with Gasteiger partial charge in [-0.2, -0.15) is 0 Å². The van der Waals surface area contributed by atoms with Crippen molar-refractivity contribution in [3.05, 3.63) is 101 Å². The lowest BCUT2D eigenvalue weighted by molar-refractivity contribution is 0.102. The van der Waals surface area contributed by atoms with Crippen LogP contribution in [0.15, 0.2) is 60.7 Å². The Balaban J connectivity index is 1.74. The Kier molecular flexibility index (Phi) is 5.02. The predicted molar refractivity (Wildman–Crippen MR) is 89.9 cm³/mol. The first-order valence-electron chi connectivity index (χ1n) is 7.73. The molecule has 0 radical (unpaired) electrons. The molecule has 0 saturated carbocycles. The summed E-state index contributed by atoms with van der Waals surface area (Å²) in [7, 11) is 0. The maximum Gasteiger partial charge on any atom is 0.258 e. The van der Waals surface area contributed by atoms with E-state index < -0.39 is 34.7 Å². The topological polar surface area (TPSA) is 29.1 Å². The van der Waals surface area contributed by atoms with E-state index in [9.17, 15) is 22.4 Å². The molecule has 0 saturated heterocycles. The summed E-state index contributed by atoms with van der Waals surface area (Å²) in [6, 6.07) is 16.8. The second-order valence-electron chi connectivity index (χ2n) is 5.66. The highest BCUT2D eigenvalue weighted by atomic mass is 19.2. The van der Waals surface area contributed by atoms with Crippen LogP contribution in [0.4, 0.5) is 23.2 Å². The number of amides is 1. The Hall–Kier alpha value is -3.15. The fourth-order valence-corrected chi connectivity index (χ4v) is 2.47. The van der Waals surface area contributed by atoms with Gasteiger partial charge in [0.25, 0.3) is 5.91 Å². The van der Waals surface area contributed by atoms with Crippen LogP contribution in [0.25, 0.3) is 0 Å². The second-order valence-corrected chi connectivity index (χ2v) is 5.66. The highest BCUT2D eigenvalue weighted by Crippen LogP contribution is 2.20. The Morgan fingerprint density at radius 1 is 0.769 bits per heavy atom. The quantitative estimate of drug-likeness (QED) is 0.393. The third-order valence-corrected chi connectivity index (χ3v) is 3.81. The molecule has 0 bridgehead atoms. The normalized spacial score (nSPS) is 10.6. The van der Waals surface area contributed by atoms with E-state index in [1.54, 1.807) is 24.3 Å². The number of rotatable bonds is 4.